The summed E-state index contributed by atoms with van der Waals surface area (Å²) in [5.74, 6) is 0. The molecule has 1 fully saturated rings. The summed E-state index contributed by atoms with van der Waals surface area (Å²) in [6, 6.07) is 4.20. The van der Waals surface area contributed by atoms with Crippen molar-refractivity contribution in [3.05, 3.63) is 30.1 Å². The second-order valence-corrected chi connectivity index (χ2v) is 6.26. The summed E-state index contributed by atoms with van der Waals surface area (Å²) in [6.07, 6.45) is 3.74. The SMILES string of the molecule is CC1(C)CN(Cc2ccncc2)C(C)(C)CN1. The number of pyridine rings is 1. The minimum Gasteiger partial charge on any atom is -0.309 e. The molecular formula is C14H23N3. The van der Waals surface area contributed by atoms with Crippen LogP contribution in [0.4, 0.5) is 0 Å². The Morgan fingerprint density at radius 3 is 2.53 bits per heavy atom. The van der Waals surface area contributed by atoms with Crippen molar-refractivity contribution in [3.63, 3.8) is 0 Å². The van der Waals surface area contributed by atoms with Gasteiger partial charge < -0.3 is 5.32 Å². The lowest BCUT2D eigenvalue weighted by Gasteiger charge is -2.49. The topological polar surface area (TPSA) is 28.2 Å². The molecular weight excluding hydrogens is 210 g/mol. The first-order valence-electron chi connectivity index (χ1n) is 6.28. The molecule has 1 N–H and O–H groups in total. The van der Waals surface area contributed by atoms with Crippen molar-refractivity contribution < 1.29 is 0 Å². The summed E-state index contributed by atoms with van der Waals surface area (Å²) < 4.78 is 0. The first-order valence-corrected chi connectivity index (χ1v) is 6.28. The van der Waals surface area contributed by atoms with E-state index in [0.29, 0.717) is 0 Å². The Balaban J connectivity index is 2.12. The van der Waals surface area contributed by atoms with Gasteiger partial charge >= 0.3 is 0 Å². The van der Waals surface area contributed by atoms with Crippen LogP contribution < -0.4 is 5.32 Å². The highest BCUT2D eigenvalue weighted by atomic mass is 15.3. The first kappa shape index (κ1) is 12.5. The third kappa shape index (κ3) is 3.05. The molecule has 2 heterocycles. The summed E-state index contributed by atoms with van der Waals surface area (Å²) in [7, 11) is 0. The number of hydrogen-bond donors (Lipinski definition) is 1. The highest BCUT2D eigenvalue weighted by Gasteiger charge is 2.37. The summed E-state index contributed by atoms with van der Waals surface area (Å²) in [6.45, 7) is 12.2. The molecule has 0 bridgehead atoms. The van der Waals surface area contributed by atoms with E-state index >= 15 is 0 Å². The molecule has 0 spiro atoms. The molecule has 0 atom stereocenters. The predicted molar refractivity (Wildman–Crippen MR) is 70.8 cm³/mol. The Hall–Kier alpha value is -0.930. The van der Waals surface area contributed by atoms with Crippen molar-refractivity contribution in [1.29, 1.82) is 0 Å². The van der Waals surface area contributed by atoms with Gasteiger partial charge in [0.05, 0.1) is 0 Å². The molecule has 1 aliphatic rings. The number of nitrogens with one attached hydrogen (secondary N) is 1. The van der Waals surface area contributed by atoms with E-state index in [2.05, 4.69) is 55.0 Å². The van der Waals surface area contributed by atoms with Crippen molar-refractivity contribution in [2.75, 3.05) is 13.1 Å². The van der Waals surface area contributed by atoms with Gasteiger partial charge in [-0.25, -0.2) is 0 Å². The van der Waals surface area contributed by atoms with Gasteiger partial charge in [-0.05, 0) is 45.4 Å². The van der Waals surface area contributed by atoms with Crippen LogP contribution in [0.3, 0.4) is 0 Å². The molecule has 0 aromatic carbocycles. The number of nitrogens with zero attached hydrogens (tertiary/aromatic N) is 2. The van der Waals surface area contributed by atoms with Gasteiger partial charge in [0.1, 0.15) is 0 Å². The van der Waals surface area contributed by atoms with Crippen LogP contribution in [0, 0.1) is 0 Å². The summed E-state index contributed by atoms with van der Waals surface area (Å²) in [5, 5.41) is 3.61. The molecule has 0 saturated carbocycles. The van der Waals surface area contributed by atoms with Gasteiger partial charge in [0.25, 0.3) is 0 Å². The number of piperazine rings is 1. The van der Waals surface area contributed by atoms with Crippen LogP contribution in [0.5, 0.6) is 0 Å². The number of hydrogen-bond acceptors (Lipinski definition) is 3. The molecule has 17 heavy (non-hydrogen) atoms. The van der Waals surface area contributed by atoms with Gasteiger partial charge in [-0.3, -0.25) is 9.88 Å². The molecule has 3 heteroatoms. The van der Waals surface area contributed by atoms with Crippen LogP contribution in [0.1, 0.15) is 33.3 Å². The average Bonchev–Trinajstić information content (AvgIpc) is 2.26. The standard InChI is InChI=1S/C14H23N3/c1-13(2)11-17(14(3,4)10-16-13)9-12-5-7-15-8-6-12/h5-8,16H,9-11H2,1-4H3. The molecule has 3 nitrogen and oxygen atoms in total. The van der Waals surface area contributed by atoms with E-state index in [1.807, 2.05) is 12.4 Å². The van der Waals surface area contributed by atoms with E-state index in [1.54, 1.807) is 0 Å². The van der Waals surface area contributed by atoms with Gasteiger partial charge in [0.2, 0.25) is 0 Å². The average molecular weight is 233 g/mol. The summed E-state index contributed by atoms with van der Waals surface area (Å²) in [4.78, 5) is 6.63. The van der Waals surface area contributed by atoms with Gasteiger partial charge in [-0.2, -0.15) is 0 Å². The Bertz CT molecular complexity index is 370. The Morgan fingerprint density at radius 1 is 1.24 bits per heavy atom. The third-order valence-corrected chi connectivity index (χ3v) is 3.56. The molecule has 1 aromatic rings. The predicted octanol–water partition coefficient (Wildman–Crippen LogP) is 2.04. The second kappa shape index (κ2) is 4.39. The first-order chi connectivity index (χ1) is 7.89. The maximum atomic E-state index is 4.07. The highest BCUT2D eigenvalue weighted by Crippen LogP contribution is 2.25. The molecule has 0 amide bonds. The zero-order chi connectivity index (χ0) is 12.5. The molecule has 1 aromatic heterocycles. The Labute approximate surface area is 104 Å². The fraction of sp³-hybridized carbons (Fsp3) is 0.643. The van der Waals surface area contributed by atoms with Crippen molar-refractivity contribution >= 4 is 0 Å². The maximum Gasteiger partial charge on any atom is 0.0282 e. The quantitative estimate of drug-likeness (QED) is 0.847. The fourth-order valence-electron chi connectivity index (χ4n) is 2.29. The lowest BCUT2D eigenvalue weighted by Crippen LogP contribution is -2.65. The van der Waals surface area contributed by atoms with E-state index in [4.69, 9.17) is 0 Å². The second-order valence-electron chi connectivity index (χ2n) is 6.26. The van der Waals surface area contributed by atoms with Crippen molar-refractivity contribution in [3.8, 4) is 0 Å². The van der Waals surface area contributed by atoms with Crippen molar-refractivity contribution in [2.24, 2.45) is 0 Å². The lowest BCUT2D eigenvalue weighted by molar-refractivity contribution is 0.0324. The zero-order valence-electron chi connectivity index (χ0n) is 11.3. The summed E-state index contributed by atoms with van der Waals surface area (Å²) in [5.41, 5.74) is 1.74. The zero-order valence-corrected chi connectivity index (χ0v) is 11.3. The summed E-state index contributed by atoms with van der Waals surface area (Å²) >= 11 is 0. The lowest BCUT2D eigenvalue weighted by atomic mass is 9.91. The molecule has 94 valence electrons. The van der Waals surface area contributed by atoms with Crippen LogP contribution in [0.2, 0.25) is 0 Å². The van der Waals surface area contributed by atoms with Crippen LogP contribution >= 0.6 is 0 Å². The van der Waals surface area contributed by atoms with Crippen LogP contribution in [-0.4, -0.2) is 34.1 Å². The number of rotatable bonds is 2. The van der Waals surface area contributed by atoms with Gasteiger partial charge in [0, 0.05) is 43.1 Å². The van der Waals surface area contributed by atoms with E-state index in [1.165, 1.54) is 5.56 Å². The Kier molecular flexibility index (Phi) is 3.23. The number of aromatic nitrogens is 1. The van der Waals surface area contributed by atoms with Gasteiger partial charge in [0.15, 0.2) is 0 Å². The van der Waals surface area contributed by atoms with E-state index < -0.39 is 0 Å². The van der Waals surface area contributed by atoms with Gasteiger partial charge in [-0.1, -0.05) is 0 Å². The molecule has 1 aliphatic heterocycles. The van der Waals surface area contributed by atoms with E-state index in [0.717, 1.165) is 19.6 Å². The van der Waals surface area contributed by atoms with Crippen LogP contribution in [0.15, 0.2) is 24.5 Å². The third-order valence-electron chi connectivity index (χ3n) is 3.56. The highest BCUT2D eigenvalue weighted by molar-refractivity contribution is 5.11. The molecule has 1 saturated heterocycles. The minimum atomic E-state index is 0.197. The largest absolute Gasteiger partial charge is 0.309 e. The van der Waals surface area contributed by atoms with Crippen LogP contribution in [-0.2, 0) is 6.54 Å². The molecule has 0 radical (unpaired) electrons. The van der Waals surface area contributed by atoms with E-state index in [-0.39, 0.29) is 11.1 Å². The smallest absolute Gasteiger partial charge is 0.0282 e. The van der Waals surface area contributed by atoms with Crippen molar-refractivity contribution in [1.82, 2.24) is 15.2 Å². The van der Waals surface area contributed by atoms with E-state index in [9.17, 15) is 0 Å². The molecule has 2 rings (SSSR count). The van der Waals surface area contributed by atoms with Gasteiger partial charge in [-0.15, -0.1) is 0 Å². The van der Waals surface area contributed by atoms with Crippen molar-refractivity contribution in [2.45, 2.75) is 45.3 Å². The fourth-order valence-corrected chi connectivity index (χ4v) is 2.29. The molecule has 0 unspecified atom stereocenters. The minimum absolute atomic E-state index is 0.197. The Morgan fingerprint density at radius 2 is 1.88 bits per heavy atom. The molecule has 0 aliphatic carbocycles. The van der Waals surface area contributed by atoms with Crippen LogP contribution in [0.25, 0.3) is 0 Å². The normalized spacial score (nSPS) is 23.5. The maximum absolute atomic E-state index is 4.07. The monoisotopic (exact) mass is 233 g/mol.